The number of nitrogens with two attached hydrogens (primary N) is 1. The molecule has 0 radical (unpaired) electrons. The van der Waals surface area contributed by atoms with Crippen LogP contribution in [0, 0.1) is 16.0 Å². The zero-order chi connectivity index (χ0) is 14.8. The van der Waals surface area contributed by atoms with Crippen LogP contribution in [0.4, 0.5) is 10.7 Å². The van der Waals surface area contributed by atoms with Crippen LogP contribution < -0.4 is 10.5 Å². The van der Waals surface area contributed by atoms with Crippen molar-refractivity contribution in [3.05, 3.63) is 16.2 Å². The molecule has 1 heterocycles. The van der Waals surface area contributed by atoms with Gasteiger partial charge < -0.3 is 5.73 Å². The molecule has 1 aromatic heterocycles. The summed E-state index contributed by atoms with van der Waals surface area (Å²) in [5.41, 5.74) is 5.10. The molecule has 0 bridgehead atoms. The zero-order valence-corrected chi connectivity index (χ0v) is 12.5. The third-order valence-corrected chi connectivity index (χ3v) is 6.39. The van der Waals surface area contributed by atoms with E-state index in [0.29, 0.717) is 12.5 Å². The fourth-order valence-electron chi connectivity index (χ4n) is 2.42. The van der Waals surface area contributed by atoms with Crippen LogP contribution in [0.1, 0.15) is 32.1 Å². The van der Waals surface area contributed by atoms with E-state index in [1.807, 2.05) is 0 Å². The molecule has 1 aromatic rings. The maximum absolute atomic E-state index is 12.0. The molecule has 20 heavy (non-hydrogen) atoms. The molecule has 0 unspecified atom stereocenters. The fourth-order valence-corrected chi connectivity index (χ4v) is 4.72. The molecule has 0 saturated heterocycles. The molecular weight excluding hydrogens is 302 g/mol. The van der Waals surface area contributed by atoms with Crippen LogP contribution in [0.3, 0.4) is 0 Å². The molecule has 0 atom stereocenters. The lowest BCUT2D eigenvalue weighted by molar-refractivity contribution is -0.383. The molecule has 0 aromatic carbocycles. The Kier molecular flexibility index (Phi) is 4.61. The van der Waals surface area contributed by atoms with E-state index in [1.165, 1.54) is 12.8 Å². The Morgan fingerprint density at radius 2 is 2.10 bits per heavy atom. The lowest BCUT2D eigenvalue weighted by atomic mass is 10.1. The van der Waals surface area contributed by atoms with Gasteiger partial charge in [-0.2, -0.15) is 0 Å². The van der Waals surface area contributed by atoms with Gasteiger partial charge >= 0.3 is 5.69 Å². The van der Waals surface area contributed by atoms with Crippen molar-refractivity contribution >= 4 is 32.0 Å². The summed E-state index contributed by atoms with van der Waals surface area (Å²) in [4.78, 5) is 9.99. The van der Waals surface area contributed by atoms with Crippen LogP contribution in [-0.4, -0.2) is 19.9 Å². The van der Waals surface area contributed by atoms with Crippen LogP contribution >= 0.6 is 11.3 Å². The Hall–Kier alpha value is -1.19. The first-order chi connectivity index (χ1) is 9.40. The molecule has 1 saturated carbocycles. The number of nitrogens with one attached hydrogen (secondary N) is 1. The predicted molar refractivity (Wildman–Crippen MR) is 77.1 cm³/mol. The van der Waals surface area contributed by atoms with Crippen LogP contribution in [0.5, 0.6) is 0 Å². The molecule has 2 rings (SSSR count). The third-order valence-electron chi connectivity index (χ3n) is 3.50. The van der Waals surface area contributed by atoms with Gasteiger partial charge in [-0.25, -0.2) is 13.1 Å². The average molecular weight is 319 g/mol. The molecule has 1 fully saturated rings. The maximum Gasteiger partial charge on any atom is 0.304 e. The van der Waals surface area contributed by atoms with E-state index in [2.05, 4.69) is 4.72 Å². The van der Waals surface area contributed by atoms with Gasteiger partial charge in [0.15, 0.2) is 5.00 Å². The van der Waals surface area contributed by atoms with E-state index in [1.54, 1.807) is 0 Å². The molecule has 0 amide bonds. The van der Waals surface area contributed by atoms with Crippen molar-refractivity contribution in [2.24, 2.45) is 5.92 Å². The number of sulfonamides is 1. The number of rotatable bonds is 6. The summed E-state index contributed by atoms with van der Waals surface area (Å²) in [5.74, 6) is 0.584. The molecule has 9 heteroatoms. The maximum atomic E-state index is 12.0. The zero-order valence-electron chi connectivity index (χ0n) is 10.9. The summed E-state index contributed by atoms with van der Waals surface area (Å²) in [6, 6.07) is 1.01. The minimum absolute atomic E-state index is 0.0915. The number of nitrogen functional groups attached to an aromatic ring is 1. The Labute approximate surface area is 121 Å². The first kappa shape index (κ1) is 15.2. The SMILES string of the molecule is Nc1sc(S(=O)(=O)NCCC2CCCC2)cc1[N+](=O)[O-]. The first-order valence-corrected chi connectivity index (χ1v) is 8.73. The molecular formula is C11H17N3O4S2. The quantitative estimate of drug-likeness (QED) is 0.615. The van der Waals surface area contributed by atoms with Gasteiger partial charge in [-0.3, -0.25) is 10.1 Å². The monoisotopic (exact) mass is 319 g/mol. The van der Waals surface area contributed by atoms with Gasteiger partial charge in [-0.05, 0) is 12.3 Å². The van der Waals surface area contributed by atoms with E-state index >= 15 is 0 Å². The molecule has 7 nitrogen and oxygen atoms in total. The van der Waals surface area contributed by atoms with E-state index in [9.17, 15) is 18.5 Å². The molecule has 0 spiro atoms. The smallest absolute Gasteiger partial charge is 0.304 e. The second kappa shape index (κ2) is 6.06. The third kappa shape index (κ3) is 3.47. The van der Waals surface area contributed by atoms with Gasteiger partial charge in [0.05, 0.1) is 4.92 Å². The second-order valence-electron chi connectivity index (χ2n) is 4.91. The molecule has 0 aliphatic heterocycles. The van der Waals surface area contributed by atoms with Crippen LogP contribution in [0.15, 0.2) is 10.3 Å². The number of thiophene rings is 1. The number of hydrogen-bond donors (Lipinski definition) is 2. The predicted octanol–water partition coefficient (Wildman–Crippen LogP) is 2.10. The highest BCUT2D eigenvalue weighted by atomic mass is 32.2. The average Bonchev–Trinajstić information content (AvgIpc) is 2.98. The van der Waals surface area contributed by atoms with Gasteiger partial charge in [0.2, 0.25) is 10.0 Å². The van der Waals surface area contributed by atoms with Gasteiger partial charge in [0.25, 0.3) is 0 Å². The van der Waals surface area contributed by atoms with E-state index in [0.717, 1.165) is 36.7 Å². The summed E-state index contributed by atoms with van der Waals surface area (Å²) in [5, 5.41) is 10.6. The summed E-state index contributed by atoms with van der Waals surface area (Å²) in [6.07, 6.45) is 5.54. The first-order valence-electron chi connectivity index (χ1n) is 6.43. The Morgan fingerprint density at radius 1 is 1.45 bits per heavy atom. The van der Waals surface area contributed by atoms with Crippen molar-refractivity contribution in [3.8, 4) is 0 Å². The number of nitro groups is 1. The standard InChI is InChI=1S/C11H17N3O4S2/c12-11-9(14(15)16)7-10(19-11)20(17,18)13-6-5-8-3-1-2-4-8/h7-8,13H,1-6,12H2. The van der Waals surface area contributed by atoms with Crippen molar-refractivity contribution in [2.45, 2.75) is 36.3 Å². The highest BCUT2D eigenvalue weighted by Gasteiger charge is 2.25. The topological polar surface area (TPSA) is 115 Å². The van der Waals surface area contributed by atoms with E-state index < -0.39 is 14.9 Å². The summed E-state index contributed by atoms with van der Waals surface area (Å²) >= 11 is 0.718. The molecule has 112 valence electrons. The number of nitrogens with zero attached hydrogens (tertiary/aromatic N) is 1. The fraction of sp³-hybridized carbons (Fsp3) is 0.636. The van der Waals surface area contributed by atoms with Crippen LogP contribution in [0.2, 0.25) is 0 Å². The number of hydrogen-bond acceptors (Lipinski definition) is 6. The minimum atomic E-state index is -3.70. The van der Waals surface area contributed by atoms with Crippen molar-refractivity contribution in [1.29, 1.82) is 0 Å². The minimum Gasteiger partial charge on any atom is -0.385 e. The summed E-state index contributed by atoms with van der Waals surface area (Å²) < 4.78 is 26.4. The number of anilines is 1. The molecule has 1 aliphatic rings. The molecule has 1 aliphatic carbocycles. The second-order valence-corrected chi connectivity index (χ2v) is 7.99. The van der Waals surface area contributed by atoms with Crippen LogP contribution in [0.25, 0.3) is 0 Å². The van der Waals surface area contributed by atoms with Crippen LogP contribution in [-0.2, 0) is 10.0 Å². The highest BCUT2D eigenvalue weighted by Crippen LogP contribution is 2.34. The van der Waals surface area contributed by atoms with Crippen molar-refractivity contribution in [3.63, 3.8) is 0 Å². The highest BCUT2D eigenvalue weighted by molar-refractivity contribution is 7.91. The summed E-state index contributed by atoms with van der Waals surface area (Å²) in [7, 11) is -3.70. The van der Waals surface area contributed by atoms with Crippen molar-refractivity contribution in [2.75, 3.05) is 12.3 Å². The largest absolute Gasteiger partial charge is 0.385 e. The lowest BCUT2D eigenvalue weighted by Crippen LogP contribution is -2.25. The summed E-state index contributed by atoms with van der Waals surface area (Å²) in [6.45, 7) is 0.360. The van der Waals surface area contributed by atoms with Crippen molar-refractivity contribution in [1.82, 2.24) is 4.72 Å². The van der Waals surface area contributed by atoms with E-state index in [4.69, 9.17) is 5.73 Å². The van der Waals surface area contributed by atoms with Gasteiger partial charge in [0.1, 0.15) is 4.21 Å². The Bertz CT molecular complexity index is 591. The normalized spacial score (nSPS) is 16.6. The molecule has 3 N–H and O–H groups in total. The van der Waals surface area contributed by atoms with Gasteiger partial charge in [0, 0.05) is 12.6 Å². The Balaban J connectivity index is 1.98. The Morgan fingerprint density at radius 3 is 2.65 bits per heavy atom. The van der Waals surface area contributed by atoms with Gasteiger partial charge in [-0.1, -0.05) is 37.0 Å². The van der Waals surface area contributed by atoms with Crippen molar-refractivity contribution < 1.29 is 13.3 Å². The lowest BCUT2D eigenvalue weighted by Gasteiger charge is -2.09. The van der Waals surface area contributed by atoms with E-state index in [-0.39, 0.29) is 14.9 Å². The van der Waals surface area contributed by atoms with Gasteiger partial charge in [-0.15, -0.1) is 0 Å².